The van der Waals surface area contributed by atoms with Crippen molar-refractivity contribution in [2.45, 2.75) is 51.2 Å². The quantitative estimate of drug-likeness (QED) is 0.352. The molecule has 3 aromatic heterocycles. The van der Waals surface area contributed by atoms with Crippen LogP contribution < -0.4 is 5.32 Å². The van der Waals surface area contributed by atoms with Gasteiger partial charge < -0.3 is 15.2 Å². The highest BCUT2D eigenvalue weighted by atomic mass is 19.1. The van der Waals surface area contributed by atoms with Gasteiger partial charge in [-0.3, -0.25) is 4.57 Å². The van der Waals surface area contributed by atoms with Crippen LogP contribution in [0.15, 0.2) is 67.3 Å². The summed E-state index contributed by atoms with van der Waals surface area (Å²) in [7, 11) is 0. The van der Waals surface area contributed by atoms with Crippen molar-refractivity contribution in [3.63, 3.8) is 0 Å². The Bertz CT molecular complexity index is 1410. The van der Waals surface area contributed by atoms with Crippen LogP contribution in [0.4, 0.5) is 16.0 Å². The molecule has 0 spiro atoms. The van der Waals surface area contributed by atoms with Gasteiger partial charge in [-0.05, 0) is 81.0 Å². The van der Waals surface area contributed by atoms with Gasteiger partial charge in [-0.2, -0.15) is 0 Å². The number of aliphatic hydroxyl groups is 1. The second-order valence-electron chi connectivity index (χ2n) is 9.50. The molecule has 0 radical (unpaired) electrons. The molecular weight excluding hydrogens is 473 g/mol. The Kier molecular flexibility index (Phi) is 6.71. The second-order valence-corrected chi connectivity index (χ2v) is 9.50. The summed E-state index contributed by atoms with van der Waals surface area (Å²) in [5.74, 6) is 0.961. The van der Waals surface area contributed by atoms with E-state index >= 15 is 0 Å². The maximum absolute atomic E-state index is 13.6. The first-order valence-electron chi connectivity index (χ1n) is 12.2. The number of imidazole rings is 1. The molecule has 9 heteroatoms. The highest BCUT2D eigenvalue weighted by Gasteiger charge is 2.38. The summed E-state index contributed by atoms with van der Waals surface area (Å²) < 4.78 is 21.0. The number of esters is 1. The minimum Gasteiger partial charge on any atom is -0.459 e. The first-order valence-corrected chi connectivity index (χ1v) is 12.2. The average Bonchev–Trinajstić information content (AvgIpc) is 3.40. The third-order valence-corrected chi connectivity index (χ3v) is 6.63. The van der Waals surface area contributed by atoms with Crippen molar-refractivity contribution in [1.82, 2.24) is 19.5 Å². The lowest BCUT2D eigenvalue weighted by molar-refractivity contribution is -0.0485. The fraction of sp³-hybridized carbons (Fsp3) is 0.286. The zero-order valence-corrected chi connectivity index (χ0v) is 20.7. The standard InChI is InChI=1S/C28H28FN5O3/c1-18-12-25(32-24-14-19(2)22(29)15-30-24)33-26(13-18)34-16-23(31-17-34)28(36)10-8-21(9-11-28)37-27(35)20-6-4-3-5-7-20/h3-7,12-17,21,36H,8-11H2,1-2H3,(H,30,32,33)/t21-,28-. The third-order valence-electron chi connectivity index (χ3n) is 6.63. The van der Waals surface area contributed by atoms with Crippen molar-refractivity contribution >= 4 is 17.6 Å². The van der Waals surface area contributed by atoms with Crippen LogP contribution in [0, 0.1) is 19.7 Å². The smallest absolute Gasteiger partial charge is 0.338 e. The van der Waals surface area contributed by atoms with Gasteiger partial charge in [0.05, 0.1) is 17.5 Å². The molecule has 1 aliphatic rings. The molecule has 0 atom stereocenters. The highest BCUT2D eigenvalue weighted by molar-refractivity contribution is 5.89. The van der Waals surface area contributed by atoms with E-state index in [1.54, 1.807) is 54.3 Å². The van der Waals surface area contributed by atoms with Gasteiger partial charge in [0.25, 0.3) is 0 Å². The van der Waals surface area contributed by atoms with E-state index in [0.717, 1.165) is 5.56 Å². The van der Waals surface area contributed by atoms with Crippen LogP contribution in [0.3, 0.4) is 0 Å². The molecule has 37 heavy (non-hydrogen) atoms. The Balaban J connectivity index is 1.27. The van der Waals surface area contributed by atoms with E-state index in [1.807, 2.05) is 25.1 Å². The van der Waals surface area contributed by atoms with Gasteiger partial charge in [0, 0.05) is 6.20 Å². The molecule has 5 rings (SSSR count). The Morgan fingerprint density at radius 3 is 2.59 bits per heavy atom. The number of carbonyl (C=O) groups excluding carboxylic acids is 1. The lowest BCUT2D eigenvalue weighted by atomic mass is 9.81. The largest absolute Gasteiger partial charge is 0.459 e. The molecule has 0 bridgehead atoms. The summed E-state index contributed by atoms with van der Waals surface area (Å²) in [6.07, 6.45) is 6.29. The number of hydrogen-bond donors (Lipinski definition) is 2. The van der Waals surface area contributed by atoms with Crippen LogP contribution in [0.5, 0.6) is 0 Å². The molecule has 3 heterocycles. The van der Waals surface area contributed by atoms with Crippen LogP contribution in [-0.4, -0.2) is 36.7 Å². The Morgan fingerprint density at radius 1 is 1.11 bits per heavy atom. The van der Waals surface area contributed by atoms with Crippen molar-refractivity contribution in [2.75, 3.05) is 5.32 Å². The van der Waals surface area contributed by atoms with Crippen molar-refractivity contribution in [1.29, 1.82) is 0 Å². The molecule has 1 aliphatic carbocycles. The van der Waals surface area contributed by atoms with Gasteiger partial charge in [-0.25, -0.2) is 24.1 Å². The number of nitrogens with one attached hydrogen (secondary N) is 1. The van der Waals surface area contributed by atoms with Gasteiger partial charge in [0.2, 0.25) is 0 Å². The van der Waals surface area contributed by atoms with E-state index in [2.05, 4.69) is 20.3 Å². The number of halogens is 1. The second kappa shape index (κ2) is 10.1. The van der Waals surface area contributed by atoms with Gasteiger partial charge in [-0.1, -0.05) is 18.2 Å². The molecule has 2 N–H and O–H groups in total. The van der Waals surface area contributed by atoms with Crippen molar-refractivity contribution in [3.05, 3.63) is 95.5 Å². The zero-order chi connectivity index (χ0) is 26.0. The van der Waals surface area contributed by atoms with Crippen LogP contribution in [-0.2, 0) is 10.3 Å². The van der Waals surface area contributed by atoms with Crippen LogP contribution in [0.25, 0.3) is 5.82 Å². The maximum atomic E-state index is 13.6. The first kappa shape index (κ1) is 24.6. The fourth-order valence-electron chi connectivity index (χ4n) is 4.51. The molecule has 0 saturated heterocycles. The molecule has 8 nitrogen and oxygen atoms in total. The summed E-state index contributed by atoms with van der Waals surface area (Å²) in [6, 6.07) is 14.3. The lowest BCUT2D eigenvalue weighted by Crippen LogP contribution is -2.35. The monoisotopic (exact) mass is 501 g/mol. The number of carbonyl (C=O) groups is 1. The van der Waals surface area contributed by atoms with E-state index in [-0.39, 0.29) is 17.9 Å². The number of aryl methyl sites for hydroxylation is 2. The minimum atomic E-state index is -1.11. The summed E-state index contributed by atoms with van der Waals surface area (Å²) >= 11 is 0. The molecular formula is C28H28FN5O3. The number of rotatable bonds is 6. The number of ether oxygens (including phenoxy) is 1. The zero-order valence-electron chi connectivity index (χ0n) is 20.7. The Labute approximate surface area is 214 Å². The van der Waals surface area contributed by atoms with Crippen molar-refractivity contribution < 1.29 is 19.0 Å². The van der Waals surface area contributed by atoms with Crippen molar-refractivity contribution in [3.8, 4) is 5.82 Å². The van der Waals surface area contributed by atoms with Gasteiger partial charge in [0.1, 0.15) is 41.3 Å². The van der Waals surface area contributed by atoms with Gasteiger partial charge in [0.15, 0.2) is 0 Å². The number of aromatic nitrogens is 4. The molecule has 1 saturated carbocycles. The molecule has 0 amide bonds. The van der Waals surface area contributed by atoms with E-state index in [1.165, 1.54) is 6.20 Å². The maximum Gasteiger partial charge on any atom is 0.338 e. The van der Waals surface area contributed by atoms with Crippen molar-refractivity contribution in [2.24, 2.45) is 0 Å². The fourth-order valence-corrected chi connectivity index (χ4v) is 4.51. The predicted molar refractivity (Wildman–Crippen MR) is 136 cm³/mol. The number of pyridine rings is 2. The average molecular weight is 502 g/mol. The number of hydrogen-bond acceptors (Lipinski definition) is 7. The lowest BCUT2D eigenvalue weighted by Gasteiger charge is -2.34. The summed E-state index contributed by atoms with van der Waals surface area (Å²) in [5, 5.41) is 14.5. The van der Waals surface area contributed by atoms with Crippen LogP contribution in [0.1, 0.15) is 52.9 Å². The number of benzene rings is 1. The van der Waals surface area contributed by atoms with Gasteiger partial charge in [-0.15, -0.1) is 0 Å². The van der Waals surface area contributed by atoms with E-state index in [0.29, 0.717) is 60.0 Å². The van der Waals surface area contributed by atoms with E-state index < -0.39 is 5.60 Å². The normalized spacial score (nSPS) is 19.4. The summed E-state index contributed by atoms with van der Waals surface area (Å²) in [6.45, 7) is 3.62. The van der Waals surface area contributed by atoms with Gasteiger partial charge >= 0.3 is 5.97 Å². The minimum absolute atomic E-state index is 0.245. The molecule has 1 aromatic carbocycles. The van der Waals surface area contributed by atoms with Crippen LogP contribution in [0.2, 0.25) is 0 Å². The first-order chi connectivity index (χ1) is 17.8. The topological polar surface area (TPSA) is 102 Å². The Hall–Kier alpha value is -4.11. The molecule has 190 valence electrons. The Morgan fingerprint density at radius 2 is 1.86 bits per heavy atom. The number of nitrogens with zero attached hydrogens (tertiary/aromatic N) is 4. The van der Waals surface area contributed by atoms with E-state index in [4.69, 9.17) is 4.74 Å². The predicted octanol–water partition coefficient (Wildman–Crippen LogP) is 5.15. The number of anilines is 2. The summed E-state index contributed by atoms with van der Waals surface area (Å²) in [5.41, 5.74) is 1.41. The van der Waals surface area contributed by atoms with E-state index in [9.17, 15) is 14.3 Å². The molecule has 0 unspecified atom stereocenters. The molecule has 0 aliphatic heterocycles. The highest BCUT2D eigenvalue weighted by Crippen LogP contribution is 2.37. The third kappa shape index (κ3) is 5.51. The molecule has 1 fully saturated rings. The SMILES string of the molecule is Cc1cc(Nc2cc(C)c(F)cn2)nc(-n2cnc([C@]3(O)CC[C@H](OC(=O)c4ccccc4)CC3)c2)c1. The van der Waals surface area contributed by atoms with Crippen LogP contribution >= 0.6 is 0 Å². The molecule has 4 aromatic rings. The summed E-state index contributed by atoms with van der Waals surface area (Å²) in [4.78, 5) is 25.6.